The smallest absolute Gasteiger partial charge is 0.325 e. The van der Waals surface area contributed by atoms with Gasteiger partial charge in [-0.1, -0.05) is 42.5 Å². The van der Waals surface area contributed by atoms with Crippen molar-refractivity contribution in [3.8, 4) is 0 Å². The van der Waals surface area contributed by atoms with E-state index in [0.29, 0.717) is 6.54 Å². The minimum Gasteiger partial charge on any atom is -0.480 e. The van der Waals surface area contributed by atoms with E-state index in [1.807, 2.05) is 42.6 Å². The number of hydrogen-bond acceptors (Lipinski definition) is 2. The first-order chi connectivity index (χ1) is 11.2. The number of fused-ring (bicyclic) bond motifs is 2. The second-order valence-corrected chi connectivity index (χ2v) is 6.02. The Morgan fingerprint density at radius 2 is 1.83 bits per heavy atom. The van der Waals surface area contributed by atoms with Gasteiger partial charge in [0.05, 0.1) is 0 Å². The quantitative estimate of drug-likeness (QED) is 0.780. The molecule has 2 heterocycles. The van der Waals surface area contributed by atoms with E-state index in [-0.39, 0.29) is 0 Å². The third-order valence-electron chi connectivity index (χ3n) is 4.68. The fourth-order valence-corrected chi connectivity index (χ4v) is 3.54. The number of rotatable bonds is 3. The molecule has 3 aromatic rings. The van der Waals surface area contributed by atoms with Crippen molar-refractivity contribution in [2.24, 2.45) is 0 Å². The topological polar surface area (TPSA) is 56.3 Å². The first-order valence-corrected chi connectivity index (χ1v) is 7.83. The minimum atomic E-state index is -0.797. The van der Waals surface area contributed by atoms with Crippen molar-refractivity contribution >= 4 is 16.9 Å². The molecule has 0 radical (unpaired) electrons. The summed E-state index contributed by atoms with van der Waals surface area (Å²) in [6.07, 6.45) is 2.73. The Hall–Kier alpha value is -2.59. The second kappa shape index (κ2) is 5.56. The molecule has 4 nitrogen and oxygen atoms in total. The molecule has 116 valence electrons. The zero-order chi connectivity index (χ0) is 15.8. The van der Waals surface area contributed by atoms with Crippen molar-refractivity contribution in [2.45, 2.75) is 19.0 Å². The molecule has 0 fully saturated rings. The average molecular weight is 306 g/mol. The van der Waals surface area contributed by atoms with E-state index >= 15 is 0 Å². The molecule has 2 aromatic carbocycles. The first-order valence-electron chi connectivity index (χ1n) is 7.83. The number of benzene rings is 2. The number of H-pyrrole nitrogens is 1. The van der Waals surface area contributed by atoms with E-state index in [2.05, 4.69) is 22.0 Å². The molecule has 2 N–H and O–H groups in total. The Labute approximate surface area is 134 Å². The van der Waals surface area contributed by atoms with E-state index < -0.39 is 12.0 Å². The molecule has 4 heteroatoms. The number of nitrogens with one attached hydrogen (secondary N) is 1. The van der Waals surface area contributed by atoms with Crippen LogP contribution in [0.5, 0.6) is 0 Å². The molecule has 0 saturated heterocycles. The van der Waals surface area contributed by atoms with Gasteiger partial charge < -0.3 is 10.1 Å². The number of nitrogens with zero attached hydrogens (tertiary/aromatic N) is 1. The number of carboxylic acid groups (broad SMARTS) is 1. The summed E-state index contributed by atoms with van der Waals surface area (Å²) in [4.78, 5) is 17.2. The molecule has 1 unspecified atom stereocenters. The third-order valence-corrected chi connectivity index (χ3v) is 4.68. The van der Waals surface area contributed by atoms with Crippen molar-refractivity contribution in [2.75, 3.05) is 6.54 Å². The molecular weight excluding hydrogens is 288 g/mol. The molecule has 1 aromatic heterocycles. The van der Waals surface area contributed by atoms with Crippen LogP contribution in [0.15, 0.2) is 54.7 Å². The molecule has 0 bridgehead atoms. The van der Waals surface area contributed by atoms with E-state index in [4.69, 9.17) is 0 Å². The van der Waals surface area contributed by atoms with Gasteiger partial charge in [-0.3, -0.25) is 9.69 Å². The SMILES string of the molecule is O=C(O)C(c1c[nH]c2ccccc12)N1CCc2ccccc2C1. The van der Waals surface area contributed by atoms with Crippen LogP contribution in [0.2, 0.25) is 0 Å². The van der Waals surface area contributed by atoms with Gasteiger partial charge in [-0.05, 0) is 23.6 Å². The van der Waals surface area contributed by atoms with Crippen LogP contribution in [-0.4, -0.2) is 27.5 Å². The Bertz CT molecular complexity index is 868. The van der Waals surface area contributed by atoms with E-state index in [1.165, 1.54) is 11.1 Å². The van der Waals surface area contributed by atoms with Crippen LogP contribution in [0.25, 0.3) is 10.9 Å². The van der Waals surface area contributed by atoms with Gasteiger partial charge in [0.1, 0.15) is 6.04 Å². The number of hydrogen-bond donors (Lipinski definition) is 2. The first kappa shape index (κ1) is 14.0. The van der Waals surface area contributed by atoms with Crippen LogP contribution in [0.1, 0.15) is 22.7 Å². The summed E-state index contributed by atoms with van der Waals surface area (Å²) in [5, 5.41) is 10.8. The lowest BCUT2D eigenvalue weighted by molar-refractivity contribution is -0.144. The number of para-hydroxylation sites is 1. The van der Waals surface area contributed by atoms with Crippen molar-refractivity contribution in [3.63, 3.8) is 0 Å². The van der Waals surface area contributed by atoms with Crippen molar-refractivity contribution in [3.05, 3.63) is 71.4 Å². The Kier molecular flexibility index (Phi) is 3.39. The minimum absolute atomic E-state index is 0.625. The molecule has 4 rings (SSSR count). The number of carbonyl (C=O) groups is 1. The van der Waals surface area contributed by atoms with Crippen LogP contribution in [0.4, 0.5) is 0 Å². The predicted molar refractivity (Wildman–Crippen MR) is 89.2 cm³/mol. The summed E-state index contributed by atoms with van der Waals surface area (Å²) in [6.45, 7) is 1.43. The standard InChI is InChI=1S/C19H18N2O2/c22-19(23)18(16-11-20-17-8-4-3-7-15(16)17)21-10-9-13-5-1-2-6-14(13)12-21/h1-8,11,18,20H,9-10,12H2,(H,22,23). The Morgan fingerprint density at radius 1 is 1.09 bits per heavy atom. The lowest BCUT2D eigenvalue weighted by Gasteiger charge is -2.33. The number of carboxylic acids is 1. The maximum atomic E-state index is 12.0. The normalized spacial score (nSPS) is 16.2. The predicted octanol–water partition coefficient (Wildman–Crippen LogP) is 3.35. The van der Waals surface area contributed by atoms with Gasteiger partial charge >= 0.3 is 5.97 Å². The number of aliphatic carboxylic acids is 1. The fraction of sp³-hybridized carbons (Fsp3) is 0.211. The van der Waals surface area contributed by atoms with Crippen molar-refractivity contribution in [1.82, 2.24) is 9.88 Å². The average Bonchev–Trinajstić information content (AvgIpc) is 2.99. The Morgan fingerprint density at radius 3 is 2.65 bits per heavy atom. The molecule has 0 spiro atoms. The van der Waals surface area contributed by atoms with Gasteiger partial charge in [0, 0.05) is 35.8 Å². The summed E-state index contributed by atoms with van der Waals surface area (Å²) >= 11 is 0. The lowest BCUT2D eigenvalue weighted by Crippen LogP contribution is -2.38. The van der Waals surface area contributed by atoms with E-state index in [9.17, 15) is 9.90 Å². The second-order valence-electron chi connectivity index (χ2n) is 6.02. The highest BCUT2D eigenvalue weighted by Crippen LogP contribution is 2.32. The molecule has 1 aliphatic rings. The molecule has 0 amide bonds. The Balaban J connectivity index is 1.74. The van der Waals surface area contributed by atoms with E-state index in [1.54, 1.807) is 0 Å². The summed E-state index contributed by atoms with van der Waals surface area (Å²) < 4.78 is 0. The lowest BCUT2D eigenvalue weighted by atomic mass is 9.96. The van der Waals surface area contributed by atoms with Gasteiger partial charge in [0.15, 0.2) is 0 Å². The highest BCUT2D eigenvalue weighted by Gasteiger charge is 2.31. The van der Waals surface area contributed by atoms with Gasteiger partial charge in [0.25, 0.3) is 0 Å². The zero-order valence-electron chi connectivity index (χ0n) is 12.7. The summed E-state index contributed by atoms with van der Waals surface area (Å²) in [5.41, 5.74) is 4.37. The molecule has 23 heavy (non-hydrogen) atoms. The van der Waals surface area contributed by atoms with Crippen molar-refractivity contribution < 1.29 is 9.90 Å². The number of aromatic nitrogens is 1. The third kappa shape index (κ3) is 2.41. The van der Waals surface area contributed by atoms with Crippen LogP contribution in [-0.2, 0) is 17.8 Å². The molecule has 1 atom stereocenters. The van der Waals surface area contributed by atoms with Gasteiger partial charge in [-0.15, -0.1) is 0 Å². The number of aromatic amines is 1. The summed E-state index contributed by atoms with van der Waals surface area (Å²) in [7, 11) is 0. The molecule has 1 aliphatic heterocycles. The molecule has 0 saturated carbocycles. The van der Waals surface area contributed by atoms with Crippen LogP contribution >= 0.6 is 0 Å². The van der Waals surface area contributed by atoms with Gasteiger partial charge in [-0.2, -0.15) is 0 Å². The van der Waals surface area contributed by atoms with Crippen molar-refractivity contribution in [1.29, 1.82) is 0 Å². The maximum Gasteiger partial charge on any atom is 0.325 e. The molecule has 0 aliphatic carbocycles. The fourth-order valence-electron chi connectivity index (χ4n) is 3.54. The summed E-state index contributed by atoms with van der Waals surface area (Å²) in [6, 6.07) is 15.5. The van der Waals surface area contributed by atoms with Crippen LogP contribution in [0.3, 0.4) is 0 Å². The summed E-state index contributed by atoms with van der Waals surface area (Å²) in [5.74, 6) is -0.797. The van der Waals surface area contributed by atoms with Gasteiger partial charge in [-0.25, -0.2) is 0 Å². The van der Waals surface area contributed by atoms with E-state index in [0.717, 1.165) is 29.4 Å². The highest BCUT2D eigenvalue weighted by atomic mass is 16.4. The monoisotopic (exact) mass is 306 g/mol. The zero-order valence-corrected chi connectivity index (χ0v) is 12.7. The molecular formula is C19H18N2O2. The highest BCUT2D eigenvalue weighted by molar-refractivity contribution is 5.89. The van der Waals surface area contributed by atoms with Crippen LogP contribution in [0, 0.1) is 0 Å². The maximum absolute atomic E-state index is 12.0. The van der Waals surface area contributed by atoms with Crippen LogP contribution < -0.4 is 0 Å². The largest absolute Gasteiger partial charge is 0.480 e. The van der Waals surface area contributed by atoms with Gasteiger partial charge in [0.2, 0.25) is 0 Å².